The lowest BCUT2D eigenvalue weighted by atomic mass is 9.88. The van der Waals surface area contributed by atoms with Crippen LogP contribution in [0.1, 0.15) is 32.8 Å². The molecule has 47 heavy (non-hydrogen) atoms. The van der Waals surface area contributed by atoms with Crippen LogP contribution in [0.4, 0.5) is 10.5 Å². The summed E-state index contributed by atoms with van der Waals surface area (Å²) < 4.78 is 10.9. The molecule has 10 nitrogen and oxygen atoms in total. The molecule has 4 aliphatic rings. The Labute approximate surface area is 279 Å². The molecule has 2 atom stereocenters. The van der Waals surface area contributed by atoms with Gasteiger partial charge in [-0.05, 0) is 42.5 Å². The fourth-order valence-corrected chi connectivity index (χ4v) is 7.38. The van der Waals surface area contributed by atoms with Crippen molar-refractivity contribution in [3.05, 3.63) is 66.2 Å². The predicted octanol–water partition coefficient (Wildman–Crippen LogP) is 4.89. The van der Waals surface area contributed by atoms with Gasteiger partial charge in [0.1, 0.15) is 5.54 Å². The first-order chi connectivity index (χ1) is 22.8. The van der Waals surface area contributed by atoms with E-state index in [1.165, 1.54) is 21.4 Å². The quantitative estimate of drug-likeness (QED) is 0.347. The third-order valence-electron chi connectivity index (χ3n) is 9.60. The Hall–Kier alpha value is -3.86. The Bertz CT molecular complexity index is 1520. The molecule has 254 valence electrons. The molecule has 3 amide bonds. The number of amides is 3. The van der Waals surface area contributed by atoms with Gasteiger partial charge in [0.15, 0.2) is 11.5 Å². The number of carbonyl (C=O) groups excluding carboxylic acids is 2. The fourth-order valence-electron chi connectivity index (χ4n) is 7.38. The molecule has 4 fully saturated rings. The molecule has 3 aromatic rings. The lowest BCUT2D eigenvalue weighted by molar-refractivity contribution is -0.133. The van der Waals surface area contributed by atoms with Gasteiger partial charge in [0.05, 0.1) is 19.8 Å². The van der Waals surface area contributed by atoms with E-state index in [0.717, 1.165) is 31.6 Å². The van der Waals surface area contributed by atoms with Crippen molar-refractivity contribution in [1.29, 1.82) is 0 Å². The van der Waals surface area contributed by atoms with E-state index >= 15 is 0 Å². The molecule has 0 aliphatic carbocycles. The predicted molar refractivity (Wildman–Crippen MR) is 186 cm³/mol. The Morgan fingerprint density at radius 1 is 0.957 bits per heavy atom. The zero-order valence-electron chi connectivity index (χ0n) is 28.7. The molecule has 4 heterocycles. The average Bonchev–Trinajstić information content (AvgIpc) is 3.69. The number of morpholine rings is 1. The first kappa shape index (κ1) is 34.5. The molecule has 0 aromatic heterocycles. The number of carbonyl (C=O) groups is 2. The minimum atomic E-state index is -0.720. The largest absolute Gasteiger partial charge is 0.504 e. The van der Waals surface area contributed by atoms with Crippen molar-refractivity contribution >= 4 is 28.4 Å². The monoisotopic (exact) mass is 645 g/mol. The van der Waals surface area contributed by atoms with E-state index in [1.54, 1.807) is 6.07 Å². The molecule has 1 spiro atoms. The summed E-state index contributed by atoms with van der Waals surface area (Å²) in [6, 6.07) is 20.1. The Kier molecular flexibility index (Phi) is 11.3. The van der Waals surface area contributed by atoms with Crippen molar-refractivity contribution < 1.29 is 24.2 Å². The average molecular weight is 646 g/mol. The van der Waals surface area contributed by atoms with E-state index in [9.17, 15) is 14.7 Å². The van der Waals surface area contributed by atoms with Gasteiger partial charge in [-0.25, -0.2) is 4.79 Å². The van der Waals surface area contributed by atoms with Crippen LogP contribution in [0.3, 0.4) is 0 Å². The standard InChI is InChI=1S/C23H32N4O5.C12H13N.C2H6/c1-2-32-20-13-17(3-4-19(20)28)14-25-15-18-5-6-27-22(30)26(21(29)23(18,27)16-25)8-7-24-9-11-31-12-10-24;1-13(2)12-9-5-7-10-6-3-4-8-11(10)12;1-2/h3-4,13,18,28H,2,5-12,14-16H2,1H3;3-9H,1-2H3;1-2H3/t18-,23+;;/m1../s1. The van der Waals surface area contributed by atoms with Gasteiger partial charge in [-0.1, -0.05) is 56.3 Å². The van der Waals surface area contributed by atoms with Gasteiger partial charge in [0, 0.05) is 83.4 Å². The third kappa shape index (κ3) is 7.05. The van der Waals surface area contributed by atoms with Gasteiger partial charge >= 0.3 is 6.03 Å². The second-order valence-electron chi connectivity index (χ2n) is 12.6. The highest BCUT2D eigenvalue weighted by atomic mass is 16.5. The molecule has 4 aliphatic heterocycles. The second kappa shape index (κ2) is 15.4. The highest BCUT2D eigenvalue weighted by molar-refractivity contribution is 6.08. The molecule has 0 saturated carbocycles. The summed E-state index contributed by atoms with van der Waals surface area (Å²) in [5.41, 5.74) is 1.58. The highest BCUT2D eigenvalue weighted by Gasteiger charge is 2.67. The number of rotatable bonds is 8. The lowest BCUT2D eigenvalue weighted by Gasteiger charge is -2.29. The molecule has 7 rings (SSSR count). The van der Waals surface area contributed by atoms with E-state index in [2.05, 4.69) is 71.3 Å². The van der Waals surface area contributed by atoms with Crippen molar-refractivity contribution in [2.24, 2.45) is 5.92 Å². The number of phenols is 1. The summed E-state index contributed by atoms with van der Waals surface area (Å²) in [5, 5.41) is 12.6. The maximum absolute atomic E-state index is 13.6. The molecular formula is C37H51N5O5. The normalized spacial score (nSPS) is 22.4. The molecule has 3 aromatic carbocycles. The zero-order valence-corrected chi connectivity index (χ0v) is 28.7. The summed E-state index contributed by atoms with van der Waals surface area (Å²) >= 11 is 0. The molecule has 4 saturated heterocycles. The molecular weight excluding hydrogens is 594 g/mol. The van der Waals surface area contributed by atoms with Crippen LogP contribution in [0.15, 0.2) is 60.7 Å². The molecule has 1 N–H and O–H groups in total. The van der Waals surface area contributed by atoms with Crippen molar-refractivity contribution in [3.63, 3.8) is 0 Å². The number of ether oxygens (including phenoxy) is 2. The van der Waals surface area contributed by atoms with Gasteiger partial charge in [-0.3, -0.25) is 19.5 Å². The summed E-state index contributed by atoms with van der Waals surface area (Å²) in [5.74, 6) is 0.744. The molecule has 0 unspecified atom stereocenters. The number of fused-ring (bicyclic) bond motifs is 1. The number of hydrogen-bond acceptors (Lipinski definition) is 8. The number of aromatic hydroxyl groups is 1. The first-order valence-corrected chi connectivity index (χ1v) is 17.1. The maximum Gasteiger partial charge on any atom is 0.327 e. The Balaban J connectivity index is 0.000000241. The number of benzene rings is 3. The van der Waals surface area contributed by atoms with Crippen molar-refractivity contribution in [2.45, 2.75) is 39.3 Å². The Morgan fingerprint density at radius 3 is 2.45 bits per heavy atom. The third-order valence-corrected chi connectivity index (χ3v) is 9.60. The van der Waals surface area contributed by atoms with E-state index in [-0.39, 0.29) is 23.6 Å². The van der Waals surface area contributed by atoms with Crippen molar-refractivity contribution in [1.82, 2.24) is 19.6 Å². The SMILES string of the molecule is CC.CCOc1cc(CN2C[C@H]3CCN4C(=O)N(CCN5CCOCC5)C(=O)[C@]34C2)ccc1O.CN(C)c1cccc2ccccc12. The summed E-state index contributed by atoms with van der Waals surface area (Å²) in [6.07, 6.45) is 0.866. The minimum Gasteiger partial charge on any atom is -0.504 e. The minimum absolute atomic E-state index is 0.0264. The number of urea groups is 1. The van der Waals surface area contributed by atoms with Crippen molar-refractivity contribution in [3.8, 4) is 11.5 Å². The van der Waals surface area contributed by atoms with Crippen LogP contribution in [-0.2, 0) is 16.1 Å². The summed E-state index contributed by atoms with van der Waals surface area (Å²) in [7, 11) is 4.14. The van der Waals surface area contributed by atoms with Gasteiger partial charge < -0.3 is 24.4 Å². The molecule has 0 bridgehead atoms. The number of hydrogen-bond donors (Lipinski definition) is 1. The lowest BCUT2D eigenvalue weighted by Crippen LogP contribution is -2.51. The van der Waals surface area contributed by atoms with Crippen LogP contribution in [0.2, 0.25) is 0 Å². The molecule has 0 radical (unpaired) electrons. The van der Waals surface area contributed by atoms with Crippen LogP contribution in [0.5, 0.6) is 11.5 Å². The Morgan fingerprint density at radius 2 is 1.70 bits per heavy atom. The van der Waals surface area contributed by atoms with Crippen LogP contribution < -0.4 is 9.64 Å². The van der Waals surface area contributed by atoms with Crippen LogP contribution in [-0.4, -0.2) is 122 Å². The summed E-state index contributed by atoms with van der Waals surface area (Å²) in [6.45, 7) is 13.3. The smallest absolute Gasteiger partial charge is 0.327 e. The van der Waals surface area contributed by atoms with E-state index in [0.29, 0.717) is 58.3 Å². The maximum atomic E-state index is 13.6. The second-order valence-corrected chi connectivity index (χ2v) is 12.6. The highest BCUT2D eigenvalue weighted by Crippen LogP contribution is 2.47. The topological polar surface area (TPSA) is 89.0 Å². The van der Waals surface area contributed by atoms with E-state index in [4.69, 9.17) is 9.47 Å². The van der Waals surface area contributed by atoms with Gasteiger partial charge in [0.25, 0.3) is 5.91 Å². The van der Waals surface area contributed by atoms with Gasteiger partial charge in [-0.2, -0.15) is 0 Å². The fraction of sp³-hybridized carbons (Fsp3) is 0.514. The first-order valence-electron chi connectivity index (χ1n) is 17.1. The number of imide groups is 1. The van der Waals surface area contributed by atoms with E-state index in [1.807, 2.05) is 37.8 Å². The van der Waals surface area contributed by atoms with E-state index < -0.39 is 5.54 Å². The number of anilines is 1. The number of nitrogens with zero attached hydrogens (tertiary/aromatic N) is 5. The summed E-state index contributed by atoms with van der Waals surface area (Å²) in [4.78, 5) is 36.7. The number of likely N-dealkylation sites (tertiary alicyclic amines) is 1. The van der Waals surface area contributed by atoms with Gasteiger partial charge in [-0.15, -0.1) is 0 Å². The van der Waals surface area contributed by atoms with Crippen LogP contribution in [0.25, 0.3) is 10.8 Å². The van der Waals surface area contributed by atoms with Gasteiger partial charge in [0.2, 0.25) is 0 Å². The molecule has 10 heteroatoms. The number of phenolic OH excluding ortho intramolecular Hbond substituents is 1. The zero-order chi connectivity index (χ0) is 33.6. The van der Waals surface area contributed by atoms with Crippen LogP contribution >= 0.6 is 0 Å². The van der Waals surface area contributed by atoms with Crippen molar-refractivity contribution in [2.75, 3.05) is 84.6 Å². The van der Waals surface area contributed by atoms with Crippen LogP contribution in [0, 0.1) is 5.92 Å².